The van der Waals surface area contributed by atoms with Crippen LogP contribution in [0.15, 0.2) is 0 Å². The standard InChI is InChI=1S/C13H27N3O2/c1-10(2)5-8-15-13(18)9-14-7-6-12(17)16-11(3)4/h10-11,14H,5-9H2,1-4H3,(H,15,18)(H,16,17). The summed E-state index contributed by atoms with van der Waals surface area (Å²) in [5.41, 5.74) is 0. The van der Waals surface area contributed by atoms with E-state index in [4.69, 9.17) is 0 Å². The predicted octanol–water partition coefficient (Wildman–Crippen LogP) is 0.653. The first kappa shape index (κ1) is 16.9. The molecule has 0 fully saturated rings. The molecule has 0 saturated carbocycles. The minimum Gasteiger partial charge on any atom is -0.355 e. The van der Waals surface area contributed by atoms with E-state index in [0.717, 1.165) is 6.42 Å². The molecule has 0 bridgehead atoms. The molecule has 0 aliphatic heterocycles. The second-order valence-electron chi connectivity index (χ2n) is 5.18. The van der Waals surface area contributed by atoms with Crippen molar-refractivity contribution >= 4 is 11.8 Å². The zero-order valence-corrected chi connectivity index (χ0v) is 12.0. The van der Waals surface area contributed by atoms with Crippen molar-refractivity contribution in [3.8, 4) is 0 Å². The summed E-state index contributed by atoms with van der Waals surface area (Å²) in [5.74, 6) is 0.593. The molecule has 5 nitrogen and oxygen atoms in total. The van der Waals surface area contributed by atoms with E-state index < -0.39 is 0 Å². The average Bonchev–Trinajstić information content (AvgIpc) is 2.23. The number of rotatable bonds is 9. The van der Waals surface area contributed by atoms with Crippen LogP contribution >= 0.6 is 0 Å². The molecule has 0 aliphatic rings. The Morgan fingerprint density at radius 1 is 1.00 bits per heavy atom. The van der Waals surface area contributed by atoms with E-state index in [9.17, 15) is 9.59 Å². The second-order valence-corrected chi connectivity index (χ2v) is 5.18. The average molecular weight is 257 g/mol. The summed E-state index contributed by atoms with van der Waals surface area (Å²) >= 11 is 0. The van der Waals surface area contributed by atoms with E-state index in [1.54, 1.807) is 0 Å². The predicted molar refractivity (Wildman–Crippen MR) is 73.2 cm³/mol. The third-order valence-electron chi connectivity index (χ3n) is 2.31. The van der Waals surface area contributed by atoms with Crippen LogP contribution in [-0.4, -0.2) is 37.5 Å². The maximum absolute atomic E-state index is 11.4. The topological polar surface area (TPSA) is 70.2 Å². The third-order valence-corrected chi connectivity index (χ3v) is 2.31. The maximum atomic E-state index is 11.4. The van der Waals surface area contributed by atoms with Crippen LogP contribution in [0, 0.1) is 5.92 Å². The van der Waals surface area contributed by atoms with E-state index in [2.05, 4.69) is 29.8 Å². The fourth-order valence-electron chi connectivity index (χ4n) is 1.36. The van der Waals surface area contributed by atoms with Crippen molar-refractivity contribution in [2.24, 2.45) is 5.92 Å². The van der Waals surface area contributed by atoms with Gasteiger partial charge in [-0.2, -0.15) is 0 Å². The molecule has 106 valence electrons. The molecule has 0 heterocycles. The van der Waals surface area contributed by atoms with E-state index in [1.165, 1.54) is 0 Å². The van der Waals surface area contributed by atoms with Crippen molar-refractivity contribution in [3.05, 3.63) is 0 Å². The van der Waals surface area contributed by atoms with Crippen LogP contribution in [0.5, 0.6) is 0 Å². The van der Waals surface area contributed by atoms with Crippen molar-refractivity contribution < 1.29 is 9.59 Å². The van der Waals surface area contributed by atoms with Crippen LogP contribution in [0.1, 0.15) is 40.5 Å². The molecular formula is C13H27N3O2. The Kier molecular flexibility index (Phi) is 9.28. The Balaban J connectivity index is 3.43. The molecule has 5 heteroatoms. The molecule has 3 N–H and O–H groups in total. The number of nitrogens with one attached hydrogen (secondary N) is 3. The number of carbonyl (C=O) groups excluding carboxylic acids is 2. The Morgan fingerprint density at radius 3 is 2.22 bits per heavy atom. The first-order valence-corrected chi connectivity index (χ1v) is 6.68. The lowest BCUT2D eigenvalue weighted by molar-refractivity contribution is -0.122. The third kappa shape index (κ3) is 11.4. The summed E-state index contributed by atoms with van der Waals surface area (Å²) in [4.78, 5) is 22.7. The molecule has 0 unspecified atom stereocenters. The largest absolute Gasteiger partial charge is 0.355 e. The highest BCUT2D eigenvalue weighted by molar-refractivity contribution is 5.78. The van der Waals surface area contributed by atoms with Crippen molar-refractivity contribution in [1.29, 1.82) is 0 Å². The van der Waals surface area contributed by atoms with Gasteiger partial charge in [-0.1, -0.05) is 13.8 Å². The highest BCUT2D eigenvalue weighted by atomic mass is 16.2. The zero-order valence-electron chi connectivity index (χ0n) is 12.0. The van der Waals surface area contributed by atoms with Gasteiger partial charge in [0.05, 0.1) is 6.54 Å². The summed E-state index contributed by atoms with van der Waals surface area (Å²) in [5, 5.41) is 8.59. The van der Waals surface area contributed by atoms with Gasteiger partial charge < -0.3 is 16.0 Å². The highest BCUT2D eigenvalue weighted by Crippen LogP contribution is 1.95. The minimum absolute atomic E-state index is 0.0118. The van der Waals surface area contributed by atoms with Gasteiger partial charge in [-0.05, 0) is 26.2 Å². The zero-order chi connectivity index (χ0) is 14.0. The lowest BCUT2D eigenvalue weighted by Crippen LogP contribution is -2.37. The highest BCUT2D eigenvalue weighted by Gasteiger charge is 2.04. The summed E-state index contributed by atoms with van der Waals surface area (Å²) < 4.78 is 0. The van der Waals surface area contributed by atoms with Crippen LogP contribution in [0.2, 0.25) is 0 Å². The Morgan fingerprint density at radius 2 is 1.67 bits per heavy atom. The monoisotopic (exact) mass is 257 g/mol. The van der Waals surface area contributed by atoms with Gasteiger partial charge in [0.25, 0.3) is 0 Å². The molecule has 0 rings (SSSR count). The molecule has 0 saturated heterocycles. The van der Waals surface area contributed by atoms with E-state index in [1.807, 2.05) is 13.8 Å². The lowest BCUT2D eigenvalue weighted by atomic mass is 10.1. The summed E-state index contributed by atoms with van der Waals surface area (Å²) in [6, 6.07) is 0.164. The molecule has 0 spiro atoms. The normalized spacial score (nSPS) is 10.8. The van der Waals surface area contributed by atoms with Crippen LogP contribution in [0.3, 0.4) is 0 Å². The molecule has 0 aromatic heterocycles. The first-order valence-electron chi connectivity index (χ1n) is 6.68. The Labute approximate surface area is 110 Å². The van der Waals surface area contributed by atoms with Gasteiger partial charge in [0.15, 0.2) is 0 Å². The molecular weight excluding hydrogens is 230 g/mol. The minimum atomic E-state index is -0.0140. The quantitative estimate of drug-likeness (QED) is 0.531. The van der Waals surface area contributed by atoms with Gasteiger partial charge in [0.1, 0.15) is 0 Å². The molecule has 18 heavy (non-hydrogen) atoms. The second kappa shape index (κ2) is 9.88. The molecule has 0 atom stereocenters. The molecule has 0 aromatic rings. The smallest absolute Gasteiger partial charge is 0.233 e. The first-order chi connectivity index (χ1) is 8.41. The number of hydrogen-bond acceptors (Lipinski definition) is 3. The SMILES string of the molecule is CC(C)CCNC(=O)CNCCC(=O)NC(C)C. The van der Waals surface area contributed by atoms with Gasteiger partial charge in [0, 0.05) is 25.6 Å². The Hall–Kier alpha value is -1.10. The number of hydrogen-bond donors (Lipinski definition) is 3. The van der Waals surface area contributed by atoms with Crippen molar-refractivity contribution in [3.63, 3.8) is 0 Å². The lowest BCUT2D eigenvalue weighted by Gasteiger charge is -2.09. The summed E-state index contributed by atoms with van der Waals surface area (Å²) in [7, 11) is 0. The fourth-order valence-corrected chi connectivity index (χ4v) is 1.36. The van der Waals surface area contributed by atoms with Gasteiger partial charge >= 0.3 is 0 Å². The molecule has 0 radical (unpaired) electrons. The summed E-state index contributed by atoms with van der Waals surface area (Å²) in [6.45, 7) is 9.60. The van der Waals surface area contributed by atoms with Crippen LogP contribution < -0.4 is 16.0 Å². The van der Waals surface area contributed by atoms with Gasteiger partial charge in [-0.25, -0.2) is 0 Å². The van der Waals surface area contributed by atoms with Crippen LogP contribution in [0.4, 0.5) is 0 Å². The van der Waals surface area contributed by atoms with Crippen molar-refractivity contribution in [1.82, 2.24) is 16.0 Å². The molecule has 2 amide bonds. The number of amides is 2. The van der Waals surface area contributed by atoms with Crippen LogP contribution in [-0.2, 0) is 9.59 Å². The van der Waals surface area contributed by atoms with Gasteiger partial charge in [-0.15, -0.1) is 0 Å². The van der Waals surface area contributed by atoms with Gasteiger partial charge in [0.2, 0.25) is 11.8 Å². The fraction of sp³-hybridized carbons (Fsp3) is 0.846. The maximum Gasteiger partial charge on any atom is 0.233 e. The number of carbonyl (C=O) groups is 2. The van der Waals surface area contributed by atoms with E-state index in [0.29, 0.717) is 25.4 Å². The molecule has 0 aromatic carbocycles. The van der Waals surface area contributed by atoms with Gasteiger partial charge in [-0.3, -0.25) is 9.59 Å². The summed E-state index contributed by atoms with van der Waals surface area (Å²) in [6.07, 6.45) is 1.39. The van der Waals surface area contributed by atoms with E-state index in [-0.39, 0.29) is 24.4 Å². The van der Waals surface area contributed by atoms with E-state index >= 15 is 0 Å². The molecule has 0 aliphatic carbocycles. The van der Waals surface area contributed by atoms with Crippen molar-refractivity contribution in [2.45, 2.75) is 46.6 Å². The Bertz CT molecular complexity index is 253. The van der Waals surface area contributed by atoms with Crippen molar-refractivity contribution in [2.75, 3.05) is 19.6 Å². The van der Waals surface area contributed by atoms with Crippen LogP contribution in [0.25, 0.3) is 0 Å².